The van der Waals surface area contributed by atoms with Gasteiger partial charge in [-0.05, 0) is 30.3 Å². The summed E-state index contributed by atoms with van der Waals surface area (Å²) in [4.78, 5) is 8.21. The molecular weight excluding hydrogens is 384 g/mol. The monoisotopic (exact) mass is 408 g/mol. The van der Waals surface area contributed by atoms with Crippen molar-refractivity contribution >= 4 is 32.2 Å². The van der Waals surface area contributed by atoms with Crippen LogP contribution in [0.5, 0.6) is 5.75 Å². The second kappa shape index (κ2) is 8.02. The Balaban J connectivity index is 1.32. The summed E-state index contributed by atoms with van der Waals surface area (Å²) in [7, 11) is 1.92. The van der Waals surface area contributed by atoms with Gasteiger partial charge < -0.3 is 14.8 Å². The Kier molecular flexibility index (Phi) is 5.10. The van der Waals surface area contributed by atoms with Gasteiger partial charge in [0.25, 0.3) is 0 Å². The molecule has 7 heteroatoms. The zero-order chi connectivity index (χ0) is 19.6. The maximum atomic E-state index is 5.99. The van der Waals surface area contributed by atoms with Gasteiger partial charge in [-0.25, -0.2) is 4.98 Å². The van der Waals surface area contributed by atoms with E-state index in [0.29, 0.717) is 6.61 Å². The van der Waals surface area contributed by atoms with Crippen molar-refractivity contribution in [2.75, 3.05) is 51.8 Å². The molecule has 5 rings (SSSR count). The summed E-state index contributed by atoms with van der Waals surface area (Å²) in [6.07, 6.45) is 2.11. The van der Waals surface area contributed by atoms with Gasteiger partial charge in [-0.2, -0.15) is 0 Å². The van der Waals surface area contributed by atoms with E-state index in [-0.39, 0.29) is 0 Å². The summed E-state index contributed by atoms with van der Waals surface area (Å²) in [5.41, 5.74) is 4.38. The molecule has 0 atom stereocenters. The number of hydrogen-bond donors (Lipinski definition) is 1. The molecule has 0 spiro atoms. The lowest BCUT2D eigenvalue weighted by Gasteiger charge is -2.26. The molecule has 0 radical (unpaired) electrons. The largest absolute Gasteiger partial charge is 0.492 e. The summed E-state index contributed by atoms with van der Waals surface area (Å²) in [5.74, 6) is 0.915. The summed E-state index contributed by atoms with van der Waals surface area (Å²) in [5, 5.41) is 3.15. The Bertz CT molecular complexity index is 1110. The third kappa shape index (κ3) is 3.81. The minimum absolute atomic E-state index is 0.695. The Labute approximate surface area is 173 Å². The molecule has 4 aromatic rings. The summed E-state index contributed by atoms with van der Waals surface area (Å²) >= 11 is 1.69. The number of imidazole rings is 1. The van der Waals surface area contributed by atoms with Gasteiger partial charge in [0.2, 0.25) is 0 Å². The van der Waals surface area contributed by atoms with Crippen molar-refractivity contribution in [2.24, 2.45) is 0 Å². The van der Waals surface area contributed by atoms with Crippen molar-refractivity contribution in [1.29, 1.82) is 0 Å². The van der Waals surface area contributed by atoms with E-state index in [0.717, 1.165) is 66.0 Å². The number of anilines is 1. The van der Waals surface area contributed by atoms with Crippen molar-refractivity contribution in [2.45, 2.75) is 0 Å². The van der Waals surface area contributed by atoms with Gasteiger partial charge in [0.1, 0.15) is 12.4 Å². The first-order valence-corrected chi connectivity index (χ1v) is 10.7. The summed E-state index contributed by atoms with van der Waals surface area (Å²) < 4.78 is 14.7. The van der Waals surface area contributed by atoms with Gasteiger partial charge in [-0.15, -0.1) is 0 Å². The van der Waals surface area contributed by atoms with Crippen molar-refractivity contribution in [1.82, 2.24) is 14.3 Å². The van der Waals surface area contributed by atoms with Gasteiger partial charge in [0, 0.05) is 44.1 Å². The van der Waals surface area contributed by atoms with Crippen LogP contribution in [0.3, 0.4) is 0 Å². The molecule has 6 nitrogen and oxygen atoms in total. The van der Waals surface area contributed by atoms with Crippen LogP contribution in [0.2, 0.25) is 0 Å². The maximum absolute atomic E-state index is 5.99. The molecule has 0 amide bonds. The quantitative estimate of drug-likeness (QED) is 0.523. The number of nitrogens with one attached hydrogen (secondary N) is 1. The topological polar surface area (TPSA) is 51.0 Å². The second-order valence-corrected chi connectivity index (χ2v) is 8.15. The molecule has 1 fully saturated rings. The molecule has 1 aliphatic heterocycles. The van der Waals surface area contributed by atoms with Crippen molar-refractivity contribution in [3.8, 4) is 17.0 Å². The lowest BCUT2D eigenvalue weighted by Crippen LogP contribution is -2.38. The van der Waals surface area contributed by atoms with Crippen LogP contribution < -0.4 is 10.1 Å². The molecule has 1 aliphatic rings. The Morgan fingerprint density at radius 2 is 1.97 bits per heavy atom. The number of benzene rings is 2. The molecule has 1 saturated heterocycles. The van der Waals surface area contributed by atoms with Crippen LogP contribution >= 0.6 is 11.3 Å². The zero-order valence-electron chi connectivity index (χ0n) is 16.4. The fraction of sp³-hybridized carbons (Fsp3) is 0.318. The molecular formula is C22H24N4O2S. The standard InChI is InChI=1S/C22H24N4O2S/c1-23-17-4-2-16(3-5-17)19-15-26-20-7-6-18(14-21(20)29-22(26)24-19)28-13-10-25-8-11-27-12-9-25/h2-7,14-15,23H,8-13H2,1H3. The highest BCUT2D eigenvalue weighted by Crippen LogP contribution is 2.32. The third-order valence-corrected chi connectivity index (χ3v) is 6.33. The van der Waals surface area contributed by atoms with Crippen LogP contribution in [-0.2, 0) is 4.74 Å². The molecule has 3 heterocycles. The first-order chi connectivity index (χ1) is 14.3. The minimum Gasteiger partial charge on any atom is -0.492 e. The highest BCUT2D eigenvalue weighted by molar-refractivity contribution is 7.23. The number of fused-ring (bicyclic) bond motifs is 3. The second-order valence-electron chi connectivity index (χ2n) is 7.14. The summed E-state index contributed by atoms with van der Waals surface area (Å²) in [6.45, 7) is 5.26. The van der Waals surface area contributed by atoms with Crippen LogP contribution in [-0.4, -0.2) is 60.8 Å². The number of ether oxygens (including phenoxy) is 2. The van der Waals surface area contributed by atoms with Gasteiger partial charge in [-0.1, -0.05) is 23.5 Å². The van der Waals surface area contributed by atoms with Gasteiger partial charge in [0.05, 0.1) is 29.1 Å². The van der Waals surface area contributed by atoms with Gasteiger partial charge in [0.15, 0.2) is 4.96 Å². The predicted octanol–water partition coefficient (Wildman–Crippen LogP) is 3.97. The molecule has 0 bridgehead atoms. The fourth-order valence-corrected chi connectivity index (χ4v) is 4.67. The molecule has 2 aromatic heterocycles. The Morgan fingerprint density at radius 1 is 1.14 bits per heavy atom. The third-order valence-electron chi connectivity index (χ3n) is 5.31. The Hall–Kier alpha value is -2.61. The number of rotatable bonds is 6. The van der Waals surface area contributed by atoms with E-state index in [1.807, 2.05) is 7.05 Å². The molecule has 0 unspecified atom stereocenters. The fourth-order valence-electron chi connectivity index (χ4n) is 3.64. The highest BCUT2D eigenvalue weighted by atomic mass is 32.1. The summed E-state index contributed by atoms with van der Waals surface area (Å²) in [6, 6.07) is 14.6. The predicted molar refractivity (Wildman–Crippen MR) is 118 cm³/mol. The van der Waals surface area contributed by atoms with E-state index < -0.39 is 0 Å². The van der Waals surface area contributed by atoms with E-state index in [4.69, 9.17) is 14.5 Å². The van der Waals surface area contributed by atoms with Crippen molar-refractivity contribution < 1.29 is 9.47 Å². The van der Waals surface area contributed by atoms with Gasteiger partial charge in [-0.3, -0.25) is 9.30 Å². The van der Waals surface area contributed by atoms with Crippen LogP contribution in [0, 0.1) is 0 Å². The molecule has 29 heavy (non-hydrogen) atoms. The highest BCUT2D eigenvalue weighted by Gasteiger charge is 2.12. The SMILES string of the molecule is CNc1ccc(-c2cn3c(n2)sc2cc(OCCN4CCOCC4)ccc23)cc1. The average molecular weight is 409 g/mol. The maximum Gasteiger partial charge on any atom is 0.195 e. The molecule has 150 valence electrons. The number of nitrogens with zero attached hydrogens (tertiary/aromatic N) is 3. The molecule has 0 saturated carbocycles. The average Bonchev–Trinajstić information content (AvgIpc) is 3.32. The van der Waals surface area contributed by atoms with Crippen molar-refractivity contribution in [3.63, 3.8) is 0 Å². The van der Waals surface area contributed by atoms with Crippen molar-refractivity contribution in [3.05, 3.63) is 48.7 Å². The lowest BCUT2D eigenvalue weighted by atomic mass is 10.1. The van der Waals surface area contributed by atoms with E-state index in [9.17, 15) is 0 Å². The molecule has 2 aromatic carbocycles. The minimum atomic E-state index is 0.695. The van der Waals surface area contributed by atoms with Gasteiger partial charge >= 0.3 is 0 Å². The van der Waals surface area contributed by atoms with E-state index >= 15 is 0 Å². The van der Waals surface area contributed by atoms with Crippen LogP contribution in [0.25, 0.3) is 26.4 Å². The van der Waals surface area contributed by atoms with Crippen LogP contribution in [0.1, 0.15) is 0 Å². The number of thiazole rings is 1. The first kappa shape index (κ1) is 18.4. The van der Waals surface area contributed by atoms with E-state index in [1.165, 1.54) is 4.70 Å². The number of hydrogen-bond acceptors (Lipinski definition) is 6. The van der Waals surface area contributed by atoms with E-state index in [2.05, 4.69) is 63.3 Å². The Morgan fingerprint density at radius 3 is 2.76 bits per heavy atom. The zero-order valence-corrected chi connectivity index (χ0v) is 17.2. The number of aromatic nitrogens is 2. The smallest absolute Gasteiger partial charge is 0.195 e. The first-order valence-electron chi connectivity index (χ1n) is 9.93. The van der Waals surface area contributed by atoms with Crippen LogP contribution in [0.15, 0.2) is 48.7 Å². The molecule has 0 aliphatic carbocycles. The number of morpholine rings is 1. The molecule has 1 N–H and O–H groups in total. The lowest BCUT2D eigenvalue weighted by molar-refractivity contribution is 0.0322. The normalized spacial score (nSPS) is 15.2. The van der Waals surface area contributed by atoms with E-state index in [1.54, 1.807) is 11.3 Å². The van der Waals surface area contributed by atoms with Crippen LogP contribution in [0.4, 0.5) is 5.69 Å².